The number of nitrogens with zero attached hydrogens (tertiary/aromatic N) is 1. The third-order valence-electron chi connectivity index (χ3n) is 4.83. The topological polar surface area (TPSA) is 110 Å². The van der Waals surface area contributed by atoms with Gasteiger partial charge >= 0.3 is 5.97 Å². The number of nitrogens with one attached hydrogen (secondary N) is 1. The van der Waals surface area contributed by atoms with Crippen molar-refractivity contribution >= 4 is 23.3 Å². The van der Waals surface area contributed by atoms with Gasteiger partial charge in [0.25, 0.3) is 5.69 Å². The van der Waals surface area contributed by atoms with Gasteiger partial charge in [-0.1, -0.05) is 6.07 Å². The Kier molecular flexibility index (Phi) is 3.56. The molecule has 2 fully saturated rings. The average molecular weight is 304 g/mol. The second kappa shape index (κ2) is 5.40. The number of nitro groups is 1. The third-order valence-corrected chi connectivity index (χ3v) is 4.83. The van der Waals surface area contributed by atoms with Gasteiger partial charge in [0, 0.05) is 17.8 Å². The fourth-order valence-corrected chi connectivity index (χ4v) is 3.95. The van der Waals surface area contributed by atoms with Crippen molar-refractivity contribution in [1.82, 2.24) is 0 Å². The van der Waals surface area contributed by atoms with Crippen LogP contribution in [0.5, 0.6) is 0 Å². The smallest absolute Gasteiger partial charge is 0.307 e. The number of carbonyl (C=O) groups excluding carboxylic acids is 1. The van der Waals surface area contributed by atoms with Crippen LogP contribution in [0.2, 0.25) is 0 Å². The zero-order valence-electron chi connectivity index (χ0n) is 11.8. The fourth-order valence-electron chi connectivity index (χ4n) is 3.95. The van der Waals surface area contributed by atoms with Crippen molar-refractivity contribution in [3.05, 3.63) is 34.4 Å². The molecule has 0 radical (unpaired) electrons. The predicted octanol–water partition coefficient (Wildman–Crippen LogP) is 2.28. The molecule has 0 unspecified atom stereocenters. The van der Waals surface area contributed by atoms with E-state index >= 15 is 0 Å². The maximum absolute atomic E-state index is 12.5. The van der Waals surface area contributed by atoms with Gasteiger partial charge in [0.15, 0.2) is 0 Å². The second-order valence-corrected chi connectivity index (χ2v) is 6.02. The summed E-state index contributed by atoms with van der Waals surface area (Å²) in [5.74, 6) is -2.28. The van der Waals surface area contributed by atoms with Gasteiger partial charge in [0.2, 0.25) is 5.91 Å². The van der Waals surface area contributed by atoms with Crippen LogP contribution >= 0.6 is 0 Å². The maximum Gasteiger partial charge on any atom is 0.307 e. The number of aliphatic carboxylic acids is 1. The highest BCUT2D eigenvalue weighted by Gasteiger charge is 2.53. The lowest BCUT2D eigenvalue weighted by molar-refractivity contribution is -0.384. The molecular weight excluding hydrogens is 288 g/mol. The number of carboxylic acid groups (broad SMARTS) is 1. The molecule has 2 aliphatic rings. The number of hydrogen-bond acceptors (Lipinski definition) is 4. The van der Waals surface area contributed by atoms with Gasteiger partial charge in [-0.25, -0.2) is 0 Å². The highest BCUT2D eigenvalue weighted by molar-refractivity contribution is 5.96. The first kappa shape index (κ1) is 14.5. The Morgan fingerprint density at radius 1 is 1.23 bits per heavy atom. The van der Waals surface area contributed by atoms with E-state index < -0.39 is 22.7 Å². The first-order chi connectivity index (χ1) is 10.5. The van der Waals surface area contributed by atoms with Gasteiger partial charge in [-0.2, -0.15) is 0 Å². The third kappa shape index (κ3) is 2.43. The number of nitro benzene ring substituents is 1. The van der Waals surface area contributed by atoms with Crippen molar-refractivity contribution in [3.8, 4) is 0 Å². The van der Waals surface area contributed by atoms with Gasteiger partial charge in [-0.3, -0.25) is 19.7 Å². The van der Waals surface area contributed by atoms with Crippen LogP contribution in [0.15, 0.2) is 24.3 Å². The van der Waals surface area contributed by atoms with Crippen molar-refractivity contribution in [1.29, 1.82) is 0 Å². The Bertz CT molecular complexity index is 645. The molecule has 2 bridgehead atoms. The first-order valence-corrected chi connectivity index (χ1v) is 7.25. The maximum atomic E-state index is 12.5. The number of fused-ring (bicyclic) bond motifs is 2. The molecule has 0 saturated heterocycles. The Morgan fingerprint density at radius 3 is 2.55 bits per heavy atom. The largest absolute Gasteiger partial charge is 0.481 e. The van der Waals surface area contributed by atoms with E-state index in [0.29, 0.717) is 5.69 Å². The minimum atomic E-state index is -0.925. The lowest BCUT2D eigenvalue weighted by atomic mass is 9.78. The molecule has 1 amide bonds. The number of carbonyl (C=O) groups is 2. The molecule has 2 N–H and O–H groups in total. The summed E-state index contributed by atoms with van der Waals surface area (Å²) < 4.78 is 0. The van der Waals surface area contributed by atoms with Gasteiger partial charge < -0.3 is 10.4 Å². The SMILES string of the molecule is O=C(O)[C@@H]1[C@H]2CC[C@@H](C2)[C@H]1C(=O)Nc1cccc([N+](=O)[O-])c1. The number of carboxylic acids is 1. The van der Waals surface area contributed by atoms with Crippen molar-refractivity contribution in [2.75, 3.05) is 5.32 Å². The van der Waals surface area contributed by atoms with E-state index in [1.165, 1.54) is 18.2 Å². The molecule has 3 rings (SSSR count). The normalized spacial score (nSPS) is 29.3. The highest BCUT2D eigenvalue weighted by Crippen LogP contribution is 2.52. The van der Waals surface area contributed by atoms with Crippen molar-refractivity contribution in [2.24, 2.45) is 23.7 Å². The quantitative estimate of drug-likeness (QED) is 0.655. The molecule has 116 valence electrons. The van der Waals surface area contributed by atoms with E-state index in [1.54, 1.807) is 6.07 Å². The molecule has 1 aromatic carbocycles. The number of hydrogen-bond donors (Lipinski definition) is 2. The summed E-state index contributed by atoms with van der Waals surface area (Å²) in [6.07, 6.45) is 2.52. The molecule has 0 aromatic heterocycles. The minimum absolute atomic E-state index is 0.0726. The zero-order chi connectivity index (χ0) is 15.9. The summed E-state index contributed by atoms with van der Waals surface area (Å²) in [5, 5.41) is 22.8. The van der Waals surface area contributed by atoms with Crippen LogP contribution in [0.1, 0.15) is 19.3 Å². The lowest BCUT2D eigenvalue weighted by Gasteiger charge is -2.27. The standard InChI is InChI=1S/C15H16N2O5/c18-14(16-10-2-1-3-11(7-10)17(21)22)12-8-4-5-9(6-8)13(12)15(19)20/h1-3,7-9,12-13H,4-6H2,(H,16,18)(H,19,20)/t8-,9-,12+,13+/m0/s1. The lowest BCUT2D eigenvalue weighted by Crippen LogP contribution is -2.37. The predicted molar refractivity (Wildman–Crippen MR) is 77.2 cm³/mol. The Hall–Kier alpha value is -2.44. The molecule has 0 spiro atoms. The fraction of sp³-hybridized carbons (Fsp3) is 0.467. The molecule has 22 heavy (non-hydrogen) atoms. The summed E-state index contributed by atoms with van der Waals surface area (Å²) in [5.41, 5.74) is 0.214. The Labute approximate surface area is 126 Å². The molecule has 7 heteroatoms. The number of non-ortho nitro benzene ring substituents is 1. The molecule has 4 atom stereocenters. The zero-order valence-corrected chi connectivity index (χ0v) is 11.8. The van der Waals surface area contributed by atoms with Gasteiger partial charge in [-0.05, 0) is 37.2 Å². The second-order valence-electron chi connectivity index (χ2n) is 6.02. The van der Waals surface area contributed by atoms with Crippen LogP contribution in [-0.4, -0.2) is 21.9 Å². The van der Waals surface area contributed by atoms with Crippen LogP contribution in [0.25, 0.3) is 0 Å². The molecule has 0 aliphatic heterocycles. The number of amides is 1. The van der Waals surface area contributed by atoms with Crippen LogP contribution in [0.4, 0.5) is 11.4 Å². The summed E-state index contributed by atoms with van der Waals surface area (Å²) in [7, 11) is 0. The van der Waals surface area contributed by atoms with Crippen LogP contribution in [0.3, 0.4) is 0 Å². The van der Waals surface area contributed by atoms with Gasteiger partial charge in [0.1, 0.15) is 0 Å². The summed E-state index contributed by atoms with van der Waals surface area (Å²) in [4.78, 5) is 34.1. The molecule has 0 heterocycles. The van der Waals surface area contributed by atoms with E-state index in [1.807, 2.05) is 0 Å². The summed E-state index contributed by atoms with van der Waals surface area (Å²) >= 11 is 0. The molecule has 2 aliphatic carbocycles. The highest BCUT2D eigenvalue weighted by atomic mass is 16.6. The Balaban J connectivity index is 1.78. The van der Waals surface area contributed by atoms with Gasteiger partial charge in [0.05, 0.1) is 16.8 Å². The molecule has 7 nitrogen and oxygen atoms in total. The van der Waals surface area contributed by atoms with Crippen molar-refractivity contribution in [3.63, 3.8) is 0 Å². The first-order valence-electron chi connectivity index (χ1n) is 7.25. The average Bonchev–Trinajstić information content (AvgIpc) is 3.07. The van der Waals surface area contributed by atoms with Crippen LogP contribution in [0, 0.1) is 33.8 Å². The van der Waals surface area contributed by atoms with E-state index in [9.17, 15) is 24.8 Å². The van der Waals surface area contributed by atoms with E-state index in [0.717, 1.165) is 19.3 Å². The van der Waals surface area contributed by atoms with E-state index in [4.69, 9.17) is 0 Å². The van der Waals surface area contributed by atoms with E-state index in [-0.39, 0.29) is 23.4 Å². The number of benzene rings is 1. The number of rotatable bonds is 4. The molecule has 1 aromatic rings. The molecular formula is C15H16N2O5. The summed E-state index contributed by atoms with van der Waals surface area (Å²) in [6, 6.07) is 5.67. The van der Waals surface area contributed by atoms with Gasteiger partial charge in [-0.15, -0.1) is 0 Å². The monoisotopic (exact) mass is 304 g/mol. The van der Waals surface area contributed by atoms with Crippen LogP contribution in [-0.2, 0) is 9.59 Å². The molecule has 2 saturated carbocycles. The van der Waals surface area contributed by atoms with Crippen molar-refractivity contribution in [2.45, 2.75) is 19.3 Å². The van der Waals surface area contributed by atoms with E-state index in [2.05, 4.69) is 5.32 Å². The van der Waals surface area contributed by atoms with Crippen molar-refractivity contribution < 1.29 is 19.6 Å². The Morgan fingerprint density at radius 2 is 1.91 bits per heavy atom. The summed E-state index contributed by atoms with van der Waals surface area (Å²) in [6.45, 7) is 0. The minimum Gasteiger partial charge on any atom is -0.481 e. The van der Waals surface area contributed by atoms with Crippen LogP contribution < -0.4 is 5.32 Å². The number of anilines is 1.